The molecule has 0 aliphatic carbocycles. The van der Waals surface area contributed by atoms with E-state index in [9.17, 15) is 0 Å². The molecule has 0 saturated heterocycles. The van der Waals surface area contributed by atoms with Gasteiger partial charge in [-0.05, 0) is 31.7 Å². The van der Waals surface area contributed by atoms with Crippen molar-refractivity contribution < 1.29 is 0 Å². The fourth-order valence-corrected chi connectivity index (χ4v) is 4.37. The van der Waals surface area contributed by atoms with E-state index in [1.165, 1.54) is 103 Å². The van der Waals surface area contributed by atoms with Gasteiger partial charge in [-0.15, -0.1) is 0 Å². The van der Waals surface area contributed by atoms with E-state index in [0.717, 1.165) is 13.0 Å². The summed E-state index contributed by atoms with van der Waals surface area (Å²) in [7, 11) is 0. The molecule has 1 atom stereocenters. The summed E-state index contributed by atoms with van der Waals surface area (Å²) in [4.78, 5) is 0. The average Bonchev–Trinajstić information content (AvgIpc) is 2.60. The smallest absolute Gasteiger partial charge is 0.130 e. The molecule has 3 heteroatoms. The van der Waals surface area contributed by atoms with Crippen LogP contribution >= 0.6 is 31.9 Å². The summed E-state index contributed by atoms with van der Waals surface area (Å²) in [6, 6.07) is 0. The normalized spacial score (nSPS) is 13.3. The zero-order valence-electron chi connectivity index (χ0n) is 17.8. The molecule has 0 fully saturated rings. The quantitative estimate of drug-likeness (QED) is 0.101. The lowest BCUT2D eigenvalue weighted by molar-refractivity contribution is 0.452. The molecule has 0 saturated carbocycles. The summed E-state index contributed by atoms with van der Waals surface area (Å²) >= 11 is 7.60. The van der Waals surface area contributed by atoms with E-state index >= 15 is 0 Å². The molecule has 0 aliphatic heterocycles. The van der Waals surface area contributed by atoms with Crippen LogP contribution in [0.15, 0.2) is 0 Å². The third-order valence-electron chi connectivity index (χ3n) is 5.23. The van der Waals surface area contributed by atoms with Gasteiger partial charge in [0, 0.05) is 0 Å². The predicted molar refractivity (Wildman–Crippen MR) is 127 cm³/mol. The highest BCUT2D eigenvalue weighted by Gasteiger charge is 2.21. The minimum absolute atomic E-state index is 0.0804. The van der Waals surface area contributed by atoms with Gasteiger partial charge in [0.25, 0.3) is 0 Å². The Morgan fingerprint density at radius 1 is 0.692 bits per heavy atom. The Bertz CT molecular complexity index is 281. The summed E-state index contributed by atoms with van der Waals surface area (Å²) in [5.41, 5.74) is 0. The van der Waals surface area contributed by atoms with Crippen molar-refractivity contribution in [3.05, 3.63) is 6.92 Å². The molecule has 0 amide bonds. The monoisotopic (exact) mass is 494 g/mol. The van der Waals surface area contributed by atoms with Crippen molar-refractivity contribution in [1.29, 1.82) is 0 Å². The molecule has 0 aromatic heterocycles. The molecule has 0 rings (SSSR count). The second-order valence-corrected chi connectivity index (χ2v) is 11.8. The Kier molecular flexibility index (Phi) is 19.9. The molecular weight excluding hydrogens is 450 g/mol. The maximum Gasteiger partial charge on any atom is 0.130 e. The van der Waals surface area contributed by atoms with Gasteiger partial charge in [-0.2, -0.15) is 0 Å². The number of unbranched alkanes of at least 4 members (excludes halogenated alkanes) is 11. The summed E-state index contributed by atoms with van der Waals surface area (Å²) in [5.74, 6) is 0.625. The van der Waals surface area contributed by atoms with Gasteiger partial charge in [-0.25, -0.2) is 0 Å². The van der Waals surface area contributed by atoms with Gasteiger partial charge in [-0.3, -0.25) is 5.32 Å². The minimum atomic E-state index is -0.0804. The van der Waals surface area contributed by atoms with Gasteiger partial charge in [0.1, 0.15) is 3.36 Å². The van der Waals surface area contributed by atoms with E-state index in [2.05, 4.69) is 57.9 Å². The number of halogens is 2. The standard InChI is InChI=1S/C23H46Br2N/c1-4-6-8-10-11-12-13-15-18-22(3)19-17-20-23(24,25)26-21-16-14-9-7-5-2/h22,26H,3-21H2,1-2H3. The first kappa shape index (κ1) is 26.9. The zero-order valence-corrected chi connectivity index (χ0v) is 20.9. The molecule has 26 heavy (non-hydrogen) atoms. The first-order valence-corrected chi connectivity index (χ1v) is 13.1. The maximum absolute atomic E-state index is 4.37. The predicted octanol–water partition coefficient (Wildman–Crippen LogP) is 9.14. The Morgan fingerprint density at radius 2 is 1.15 bits per heavy atom. The highest BCUT2D eigenvalue weighted by molar-refractivity contribution is 9.25. The second-order valence-electron chi connectivity index (χ2n) is 8.07. The summed E-state index contributed by atoms with van der Waals surface area (Å²) in [6.45, 7) is 10.0. The molecule has 1 unspecified atom stereocenters. The van der Waals surface area contributed by atoms with Crippen molar-refractivity contribution in [2.24, 2.45) is 5.92 Å². The Morgan fingerprint density at radius 3 is 1.73 bits per heavy atom. The molecule has 0 aromatic carbocycles. The van der Waals surface area contributed by atoms with Gasteiger partial charge in [0.2, 0.25) is 0 Å². The molecule has 0 bridgehead atoms. The van der Waals surface area contributed by atoms with Crippen molar-refractivity contribution in [2.75, 3.05) is 6.54 Å². The van der Waals surface area contributed by atoms with Crippen LogP contribution in [0.2, 0.25) is 0 Å². The van der Waals surface area contributed by atoms with E-state index in [1.807, 2.05) is 0 Å². The van der Waals surface area contributed by atoms with Crippen molar-refractivity contribution in [3.63, 3.8) is 0 Å². The van der Waals surface area contributed by atoms with Gasteiger partial charge in [0.05, 0.1) is 0 Å². The van der Waals surface area contributed by atoms with E-state index in [4.69, 9.17) is 0 Å². The van der Waals surface area contributed by atoms with Gasteiger partial charge in [-0.1, -0.05) is 143 Å². The van der Waals surface area contributed by atoms with Crippen LogP contribution < -0.4 is 5.32 Å². The van der Waals surface area contributed by atoms with Gasteiger partial charge >= 0.3 is 0 Å². The van der Waals surface area contributed by atoms with E-state index in [-0.39, 0.29) is 3.36 Å². The van der Waals surface area contributed by atoms with Crippen LogP contribution in [0.1, 0.15) is 123 Å². The number of hydrogen-bond donors (Lipinski definition) is 1. The maximum atomic E-state index is 4.37. The number of rotatable bonds is 20. The number of hydrogen-bond acceptors (Lipinski definition) is 1. The molecule has 0 aromatic rings. The van der Waals surface area contributed by atoms with Crippen LogP contribution in [-0.4, -0.2) is 9.90 Å². The lowest BCUT2D eigenvalue weighted by atomic mass is 9.96. The van der Waals surface area contributed by atoms with Crippen LogP contribution in [0, 0.1) is 12.8 Å². The second kappa shape index (κ2) is 19.2. The van der Waals surface area contributed by atoms with Crippen LogP contribution in [0.5, 0.6) is 0 Å². The average molecular weight is 496 g/mol. The molecule has 1 radical (unpaired) electrons. The summed E-state index contributed by atoms with van der Waals surface area (Å²) in [5, 5.41) is 3.60. The third kappa shape index (κ3) is 19.7. The molecule has 0 spiro atoms. The van der Waals surface area contributed by atoms with E-state index in [0.29, 0.717) is 5.92 Å². The highest BCUT2D eigenvalue weighted by atomic mass is 79.9. The first-order valence-electron chi connectivity index (χ1n) is 11.5. The molecule has 0 aliphatic rings. The molecule has 1 N–H and O–H groups in total. The number of nitrogens with one attached hydrogen (secondary N) is 1. The van der Waals surface area contributed by atoms with Gasteiger partial charge in [0.15, 0.2) is 0 Å². The van der Waals surface area contributed by atoms with Gasteiger partial charge < -0.3 is 0 Å². The van der Waals surface area contributed by atoms with Crippen molar-refractivity contribution >= 4 is 31.9 Å². The first-order chi connectivity index (χ1) is 12.5. The lowest BCUT2D eigenvalue weighted by Gasteiger charge is -2.23. The fraction of sp³-hybridized carbons (Fsp3) is 0.957. The third-order valence-corrected chi connectivity index (χ3v) is 6.59. The van der Waals surface area contributed by atoms with Crippen LogP contribution in [-0.2, 0) is 0 Å². The Labute approximate surface area is 182 Å². The lowest BCUT2D eigenvalue weighted by Crippen LogP contribution is -2.33. The fourth-order valence-electron chi connectivity index (χ4n) is 3.41. The highest BCUT2D eigenvalue weighted by Crippen LogP contribution is 2.30. The largest absolute Gasteiger partial charge is 0.293 e. The topological polar surface area (TPSA) is 12.0 Å². The minimum Gasteiger partial charge on any atom is -0.293 e. The van der Waals surface area contributed by atoms with Crippen LogP contribution in [0.3, 0.4) is 0 Å². The van der Waals surface area contributed by atoms with Crippen LogP contribution in [0.25, 0.3) is 0 Å². The van der Waals surface area contributed by atoms with Crippen molar-refractivity contribution in [2.45, 2.75) is 126 Å². The zero-order chi connectivity index (χ0) is 19.5. The number of alkyl halides is 2. The molecule has 0 heterocycles. The Balaban J connectivity index is 3.47. The van der Waals surface area contributed by atoms with Crippen molar-refractivity contribution in [1.82, 2.24) is 5.32 Å². The molecular formula is C23H46Br2N. The van der Waals surface area contributed by atoms with Crippen molar-refractivity contribution in [3.8, 4) is 0 Å². The van der Waals surface area contributed by atoms with E-state index in [1.54, 1.807) is 0 Å². The summed E-state index contributed by atoms with van der Waals surface area (Å²) < 4.78 is -0.0804. The molecule has 157 valence electrons. The van der Waals surface area contributed by atoms with E-state index < -0.39 is 0 Å². The SMILES string of the molecule is [CH2]C(CCCCCCCCCC)CCCC(Br)(Br)NCCCCCCC. The summed E-state index contributed by atoms with van der Waals surface area (Å²) in [6.07, 6.45) is 22.8. The Hall–Kier alpha value is 0.920. The van der Waals surface area contributed by atoms with Crippen LogP contribution in [0.4, 0.5) is 0 Å². The molecule has 1 nitrogen and oxygen atoms in total.